The first kappa shape index (κ1) is 28.4. The number of carbonyl (C=O) groups excluding carboxylic acids is 2. The van der Waals surface area contributed by atoms with Crippen LogP contribution in [0.4, 0.5) is 10.6 Å². The molecule has 2 aromatic heterocycles. The molecule has 0 radical (unpaired) electrons. The predicted octanol–water partition coefficient (Wildman–Crippen LogP) is 5.23. The molecule has 10 nitrogen and oxygen atoms in total. The van der Waals surface area contributed by atoms with Gasteiger partial charge in [0, 0.05) is 36.5 Å². The van der Waals surface area contributed by atoms with Crippen LogP contribution in [0.15, 0.2) is 60.9 Å². The number of fused-ring (bicyclic) bond motifs is 3. The van der Waals surface area contributed by atoms with Gasteiger partial charge in [-0.05, 0) is 57.2 Å². The molecule has 3 N–H and O–H groups in total. The van der Waals surface area contributed by atoms with Gasteiger partial charge in [-0.3, -0.25) is 4.79 Å². The SMILES string of the molecule is CC.CC(C)(C)OC(=O)NCC(=O)N1CCc2c(c3ncnc(N)c3n2-c2ccc(Oc3ccccc3)cc2)C1. The molecule has 0 bridgehead atoms. The number of nitrogens with one attached hydrogen (secondary N) is 1. The predicted molar refractivity (Wildman–Crippen MR) is 154 cm³/mol. The highest BCUT2D eigenvalue weighted by molar-refractivity contribution is 5.92. The van der Waals surface area contributed by atoms with Crippen molar-refractivity contribution in [1.29, 1.82) is 0 Å². The van der Waals surface area contributed by atoms with E-state index in [4.69, 9.17) is 15.2 Å². The Kier molecular flexibility index (Phi) is 8.57. The number of para-hydroxylation sites is 1. The molecule has 0 spiro atoms. The van der Waals surface area contributed by atoms with Crippen molar-refractivity contribution < 1.29 is 19.1 Å². The van der Waals surface area contributed by atoms with Gasteiger partial charge < -0.3 is 30.0 Å². The van der Waals surface area contributed by atoms with Crippen molar-refractivity contribution in [3.8, 4) is 17.2 Å². The summed E-state index contributed by atoms with van der Waals surface area (Å²) in [5.74, 6) is 1.63. The first-order valence-electron chi connectivity index (χ1n) is 13.4. The van der Waals surface area contributed by atoms with Gasteiger partial charge in [0.15, 0.2) is 5.82 Å². The van der Waals surface area contributed by atoms with Gasteiger partial charge in [-0.25, -0.2) is 14.8 Å². The standard InChI is InChI=1S/C28H30N6O4.C2H6/c1-28(2,3)38-27(36)30-15-23(35)33-14-13-22-21(16-33)24-25(26(29)32-17-31-24)34(22)18-9-11-20(12-10-18)37-19-7-5-4-6-8-19;1-2/h4-12,17H,13-16H2,1-3H3,(H,30,36)(H2,29,31,32);1-2H3. The number of alkyl carbamates (subject to hydrolysis) is 1. The van der Waals surface area contributed by atoms with Crippen LogP contribution >= 0.6 is 0 Å². The number of aromatic nitrogens is 3. The van der Waals surface area contributed by atoms with Crippen molar-refractivity contribution in [2.24, 2.45) is 0 Å². The zero-order valence-electron chi connectivity index (χ0n) is 23.6. The molecule has 4 aromatic rings. The van der Waals surface area contributed by atoms with E-state index in [-0.39, 0.29) is 12.5 Å². The molecule has 0 unspecified atom stereocenters. The van der Waals surface area contributed by atoms with Crippen LogP contribution in [0.5, 0.6) is 11.5 Å². The summed E-state index contributed by atoms with van der Waals surface area (Å²) in [6.07, 6.45) is 1.40. The Morgan fingerprint density at radius 1 is 1.00 bits per heavy atom. The van der Waals surface area contributed by atoms with E-state index in [1.165, 1.54) is 6.33 Å². The summed E-state index contributed by atoms with van der Waals surface area (Å²) < 4.78 is 13.2. The molecule has 10 heteroatoms. The van der Waals surface area contributed by atoms with Crippen LogP contribution in [0.1, 0.15) is 45.9 Å². The molecule has 0 saturated carbocycles. The Morgan fingerprint density at radius 2 is 1.68 bits per heavy atom. The lowest BCUT2D eigenvalue weighted by atomic mass is 10.1. The molecular formula is C30H36N6O4. The molecule has 2 amide bonds. The Labute approximate surface area is 234 Å². The maximum Gasteiger partial charge on any atom is 0.408 e. The highest BCUT2D eigenvalue weighted by Crippen LogP contribution is 2.35. The number of hydrogen-bond acceptors (Lipinski definition) is 7. The van der Waals surface area contributed by atoms with Crippen LogP contribution < -0.4 is 15.8 Å². The number of carbonyl (C=O) groups is 2. The minimum atomic E-state index is -0.638. The molecule has 0 atom stereocenters. The largest absolute Gasteiger partial charge is 0.457 e. The second-order valence-electron chi connectivity index (χ2n) is 10.0. The van der Waals surface area contributed by atoms with Crippen molar-refractivity contribution in [1.82, 2.24) is 24.8 Å². The third kappa shape index (κ3) is 6.33. The zero-order chi connectivity index (χ0) is 28.9. The molecule has 3 heterocycles. The van der Waals surface area contributed by atoms with E-state index in [0.29, 0.717) is 42.1 Å². The molecule has 1 aliphatic rings. The second-order valence-corrected chi connectivity index (χ2v) is 10.0. The number of nitrogens with zero attached hydrogens (tertiary/aromatic N) is 4. The Balaban J connectivity index is 0.00000181. The van der Waals surface area contributed by atoms with Crippen molar-refractivity contribution >= 4 is 28.9 Å². The fraction of sp³-hybridized carbons (Fsp3) is 0.333. The quantitative estimate of drug-likeness (QED) is 0.352. The number of ether oxygens (including phenoxy) is 2. The van der Waals surface area contributed by atoms with E-state index in [2.05, 4.69) is 19.9 Å². The summed E-state index contributed by atoms with van der Waals surface area (Å²) in [6, 6.07) is 17.3. The summed E-state index contributed by atoms with van der Waals surface area (Å²) >= 11 is 0. The van der Waals surface area contributed by atoms with Crippen LogP contribution in [0.3, 0.4) is 0 Å². The minimum Gasteiger partial charge on any atom is -0.457 e. The van der Waals surface area contributed by atoms with Crippen molar-refractivity contribution in [3.05, 3.63) is 72.2 Å². The number of hydrogen-bond donors (Lipinski definition) is 2. The Hall–Kier alpha value is -4.60. The third-order valence-electron chi connectivity index (χ3n) is 6.16. The van der Waals surface area contributed by atoms with Crippen molar-refractivity contribution in [3.63, 3.8) is 0 Å². The molecule has 1 aliphatic heterocycles. The Bertz CT molecular complexity index is 1480. The summed E-state index contributed by atoms with van der Waals surface area (Å²) in [7, 11) is 0. The number of rotatable bonds is 5. The van der Waals surface area contributed by atoms with Crippen molar-refractivity contribution in [2.75, 3.05) is 18.8 Å². The first-order valence-corrected chi connectivity index (χ1v) is 13.4. The molecule has 0 aliphatic carbocycles. The number of nitrogens with two attached hydrogens (primary N) is 1. The third-order valence-corrected chi connectivity index (χ3v) is 6.16. The van der Waals surface area contributed by atoms with Gasteiger partial charge in [0.2, 0.25) is 5.91 Å². The fourth-order valence-corrected chi connectivity index (χ4v) is 4.54. The van der Waals surface area contributed by atoms with Gasteiger partial charge in [0.1, 0.15) is 35.5 Å². The maximum atomic E-state index is 12.9. The average Bonchev–Trinajstić information content (AvgIpc) is 3.28. The van der Waals surface area contributed by atoms with Gasteiger partial charge >= 0.3 is 6.09 Å². The molecule has 0 saturated heterocycles. The maximum absolute atomic E-state index is 12.9. The second kappa shape index (κ2) is 12.1. The van der Waals surface area contributed by atoms with E-state index in [0.717, 1.165) is 22.7 Å². The highest BCUT2D eigenvalue weighted by Gasteiger charge is 2.29. The van der Waals surface area contributed by atoms with Gasteiger partial charge in [-0.15, -0.1) is 0 Å². The topological polar surface area (TPSA) is 125 Å². The highest BCUT2D eigenvalue weighted by atomic mass is 16.6. The van der Waals surface area contributed by atoms with Crippen molar-refractivity contribution in [2.45, 2.75) is 53.2 Å². The van der Waals surface area contributed by atoms with Gasteiger partial charge in [-0.1, -0.05) is 32.0 Å². The number of nitrogen functional groups attached to an aromatic ring is 1. The number of anilines is 1. The summed E-state index contributed by atoms with van der Waals surface area (Å²) in [6.45, 7) is 10.00. The van der Waals surface area contributed by atoms with E-state index in [1.807, 2.05) is 68.4 Å². The number of amides is 2. The summed E-state index contributed by atoms with van der Waals surface area (Å²) in [5.41, 5.74) is 9.92. The molecule has 210 valence electrons. The summed E-state index contributed by atoms with van der Waals surface area (Å²) in [5, 5.41) is 2.55. The van der Waals surface area contributed by atoms with Gasteiger partial charge in [0.25, 0.3) is 0 Å². The fourth-order valence-electron chi connectivity index (χ4n) is 4.54. The zero-order valence-corrected chi connectivity index (χ0v) is 23.6. The summed E-state index contributed by atoms with van der Waals surface area (Å²) in [4.78, 5) is 35.4. The van der Waals surface area contributed by atoms with Gasteiger partial charge in [-0.2, -0.15) is 0 Å². The molecule has 40 heavy (non-hydrogen) atoms. The lowest BCUT2D eigenvalue weighted by Gasteiger charge is -2.28. The molecule has 0 fully saturated rings. The Morgan fingerprint density at radius 3 is 2.35 bits per heavy atom. The number of benzene rings is 2. The van der Waals surface area contributed by atoms with Crippen LogP contribution in [0.2, 0.25) is 0 Å². The van der Waals surface area contributed by atoms with Crippen LogP contribution in [0, 0.1) is 0 Å². The van der Waals surface area contributed by atoms with Crippen LogP contribution in [0.25, 0.3) is 16.7 Å². The van der Waals surface area contributed by atoms with Crippen LogP contribution in [-0.2, 0) is 22.5 Å². The molecule has 2 aromatic carbocycles. The smallest absolute Gasteiger partial charge is 0.408 e. The lowest BCUT2D eigenvalue weighted by molar-refractivity contribution is -0.131. The van der Waals surface area contributed by atoms with Crippen LogP contribution in [-0.4, -0.2) is 50.1 Å². The van der Waals surface area contributed by atoms with E-state index in [9.17, 15) is 9.59 Å². The lowest BCUT2D eigenvalue weighted by Crippen LogP contribution is -2.43. The van der Waals surface area contributed by atoms with E-state index < -0.39 is 11.7 Å². The van der Waals surface area contributed by atoms with E-state index in [1.54, 1.807) is 25.7 Å². The minimum absolute atomic E-state index is 0.150. The first-order chi connectivity index (χ1) is 19.2. The van der Waals surface area contributed by atoms with E-state index >= 15 is 0 Å². The average molecular weight is 545 g/mol. The normalized spacial score (nSPS) is 12.7. The van der Waals surface area contributed by atoms with Gasteiger partial charge in [0.05, 0.1) is 5.52 Å². The monoisotopic (exact) mass is 544 g/mol. The molecular weight excluding hydrogens is 508 g/mol. The molecule has 5 rings (SSSR count).